The molecule has 5 nitrogen and oxygen atoms in total. The van der Waals surface area contributed by atoms with Crippen molar-refractivity contribution < 1.29 is 9.18 Å². The zero-order valence-corrected chi connectivity index (χ0v) is 21.2. The number of halogens is 1. The van der Waals surface area contributed by atoms with Crippen LogP contribution in [0.4, 0.5) is 10.1 Å². The zero-order chi connectivity index (χ0) is 25.2. The Morgan fingerprint density at radius 2 is 1.61 bits per heavy atom. The van der Waals surface area contributed by atoms with E-state index in [1.807, 2.05) is 12.1 Å². The molecule has 3 aromatic rings. The van der Waals surface area contributed by atoms with Crippen molar-refractivity contribution in [2.24, 2.45) is 5.10 Å². The van der Waals surface area contributed by atoms with Gasteiger partial charge in [-0.15, -0.1) is 0 Å². The van der Waals surface area contributed by atoms with E-state index in [1.54, 1.807) is 11.1 Å². The molecular weight excluding hydrogens is 451 g/mol. The molecule has 0 aromatic heterocycles. The maximum atomic E-state index is 14.2. The lowest BCUT2D eigenvalue weighted by Crippen LogP contribution is -2.49. The molecule has 0 aliphatic carbocycles. The largest absolute Gasteiger partial charge is 0.367 e. The van der Waals surface area contributed by atoms with Crippen molar-refractivity contribution in [3.8, 4) is 0 Å². The Bertz CT molecular complexity index is 1280. The summed E-state index contributed by atoms with van der Waals surface area (Å²) in [7, 11) is 0. The van der Waals surface area contributed by atoms with Gasteiger partial charge in [0, 0.05) is 38.2 Å². The number of nitrogens with zero attached hydrogens (tertiary/aromatic N) is 4. The van der Waals surface area contributed by atoms with E-state index < -0.39 is 0 Å². The van der Waals surface area contributed by atoms with Crippen LogP contribution in [0.2, 0.25) is 0 Å². The number of aryl methyl sites for hydroxylation is 3. The van der Waals surface area contributed by atoms with Gasteiger partial charge in [0.15, 0.2) is 0 Å². The fourth-order valence-electron chi connectivity index (χ4n) is 5.12. The number of rotatable bonds is 5. The molecule has 0 bridgehead atoms. The van der Waals surface area contributed by atoms with Gasteiger partial charge >= 0.3 is 0 Å². The molecule has 1 saturated heterocycles. The molecule has 1 unspecified atom stereocenters. The Kier molecular flexibility index (Phi) is 6.88. The van der Waals surface area contributed by atoms with E-state index in [1.165, 1.54) is 22.8 Å². The number of carbonyl (C=O) groups excluding carboxylic acids is 1. The van der Waals surface area contributed by atoms with E-state index in [4.69, 9.17) is 5.10 Å². The molecule has 0 saturated carbocycles. The summed E-state index contributed by atoms with van der Waals surface area (Å²) in [5.41, 5.74) is 7.34. The number of benzene rings is 3. The van der Waals surface area contributed by atoms with Gasteiger partial charge in [-0.05, 0) is 50.1 Å². The first kappa shape index (κ1) is 24.2. The number of hydrogen-bond acceptors (Lipinski definition) is 4. The van der Waals surface area contributed by atoms with E-state index in [0.717, 1.165) is 16.8 Å². The van der Waals surface area contributed by atoms with Crippen LogP contribution in [0.3, 0.4) is 0 Å². The Hall–Kier alpha value is -3.51. The van der Waals surface area contributed by atoms with Gasteiger partial charge < -0.3 is 4.90 Å². The van der Waals surface area contributed by atoms with E-state index in [0.29, 0.717) is 44.8 Å². The topological polar surface area (TPSA) is 39.2 Å². The molecule has 0 radical (unpaired) electrons. The number of carbonyl (C=O) groups is 1. The average molecular weight is 485 g/mol. The summed E-state index contributed by atoms with van der Waals surface area (Å²) in [6.07, 6.45) is 0.695. The third kappa shape index (κ3) is 5.05. The van der Waals surface area contributed by atoms with E-state index in [2.05, 4.69) is 73.0 Å². The Morgan fingerprint density at radius 3 is 2.33 bits per heavy atom. The van der Waals surface area contributed by atoms with Crippen molar-refractivity contribution in [1.82, 2.24) is 9.91 Å². The van der Waals surface area contributed by atoms with Crippen molar-refractivity contribution in [1.29, 1.82) is 0 Å². The van der Waals surface area contributed by atoms with Crippen LogP contribution in [0.25, 0.3) is 0 Å². The van der Waals surface area contributed by atoms with Crippen molar-refractivity contribution >= 4 is 17.3 Å². The Balaban J connectivity index is 1.33. The maximum Gasteiger partial charge on any atom is 0.257 e. The van der Waals surface area contributed by atoms with Gasteiger partial charge in [0.05, 0.1) is 24.0 Å². The van der Waals surface area contributed by atoms with Gasteiger partial charge in [-0.2, -0.15) is 5.10 Å². The molecule has 1 amide bonds. The number of amides is 1. The normalized spacial score (nSPS) is 18.4. The van der Waals surface area contributed by atoms with Crippen LogP contribution in [-0.2, 0) is 4.79 Å². The van der Waals surface area contributed by atoms with Gasteiger partial charge in [-0.1, -0.05) is 59.7 Å². The number of piperazine rings is 1. The third-order valence-corrected chi connectivity index (χ3v) is 7.26. The molecule has 1 fully saturated rings. The maximum absolute atomic E-state index is 14.2. The molecule has 2 aliphatic rings. The summed E-state index contributed by atoms with van der Waals surface area (Å²) in [6.45, 7) is 9.33. The molecule has 0 N–H and O–H groups in total. The van der Waals surface area contributed by atoms with Gasteiger partial charge in [-0.3, -0.25) is 9.69 Å². The predicted octanol–water partition coefficient (Wildman–Crippen LogP) is 5.25. The van der Waals surface area contributed by atoms with Crippen LogP contribution in [0.15, 0.2) is 71.8 Å². The van der Waals surface area contributed by atoms with Gasteiger partial charge in [0.1, 0.15) is 5.82 Å². The monoisotopic (exact) mass is 484 g/mol. The second kappa shape index (κ2) is 10.2. The van der Waals surface area contributed by atoms with Gasteiger partial charge in [-0.25, -0.2) is 9.40 Å². The predicted molar refractivity (Wildman–Crippen MR) is 143 cm³/mol. The lowest BCUT2D eigenvalue weighted by atomic mass is 9.94. The van der Waals surface area contributed by atoms with Crippen LogP contribution < -0.4 is 4.90 Å². The van der Waals surface area contributed by atoms with E-state index >= 15 is 0 Å². The first-order chi connectivity index (χ1) is 17.4. The van der Waals surface area contributed by atoms with Crippen molar-refractivity contribution in [3.05, 3.63) is 100 Å². The molecule has 6 heteroatoms. The van der Waals surface area contributed by atoms with Crippen LogP contribution in [0.5, 0.6) is 0 Å². The van der Waals surface area contributed by atoms with Crippen molar-refractivity contribution in [2.45, 2.75) is 33.2 Å². The highest BCUT2D eigenvalue weighted by Crippen LogP contribution is 2.34. The number of hydrogen-bond donors (Lipinski definition) is 0. The quantitative estimate of drug-likeness (QED) is 0.497. The standard InChI is InChI=1S/C30H33FN4O/c1-21-9-12-24(13-10-21)29-19-27(25-18-22(2)8-11-23(25)3)32-35(29)30(36)20-33-14-16-34(17-15-33)28-7-5-4-6-26(28)31/h4-13,18,29H,14-17,19-20H2,1-3H3. The smallest absolute Gasteiger partial charge is 0.257 e. The average Bonchev–Trinajstić information content (AvgIpc) is 3.32. The van der Waals surface area contributed by atoms with Crippen LogP contribution in [0, 0.1) is 26.6 Å². The molecule has 5 rings (SSSR count). The SMILES string of the molecule is Cc1ccc(C2CC(c3cc(C)ccc3C)=NN2C(=O)CN2CCN(c3ccccc3F)CC2)cc1. The highest BCUT2D eigenvalue weighted by atomic mass is 19.1. The minimum atomic E-state index is -0.201. The van der Waals surface area contributed by atoms with Gasteiger partial charge in [0.2, 0.25) is 0 Å². The summed E-state index contributed by atoms with van der Waals surface area (Å²) < 4.78 is 14.2. The summed E-state index contributed by atoms with van der Waals surface area (Å²) in [5, 5.41) is 6.59. The van der Waals surface area contributed by atoms with Crippen LogP contribution >= 0.6 is 0 Å². The lowest BCUT2D eigenvalue weighted by Gasteiger charge is -2.36. The fraction of sp³-hybridized carbons (Fsp3) is 0.333. The fourth-order valence-corrected chi connectivity index (χ4v) is 5.12. The molecule has 36 heavy (non-hydrogen) atoms. The van der Waals surface area contributed by atoms with Crippen LogP contribution in [-0.4, -0.2) is 54.3 Å². The second-order valence-electron chi connectivity index (χ2n) is 9.95. The Morgan fingerprint density at radius 1 is 0.917 bits per heavy atom. The van der Waals surface area contributed by atoms with Crippen molar-refractivity contribution in [2.75, 3.05) is 37.6 Å². The molecule has 3 aromatic carbocycles. The Labute approximate surface area is 212 Å². The number of anilines is 1. The highest BCUT2D eigenvalue weighted by Gasteiger charge is 2.34. The van der Waals surface area contributed by atoms with Gasteiger partial charge in [0.25, 0.3) is 5.91 Å². The first-order valence-electron chi connectivity index (χ1n) is 12.6. The van der Waals surface area contributed by atoms with Crippen molar-refractivity contribution in [3.63, 3.8) is 0 Å². The third-order valence-electron chi connectivity index (χ3n) is 7.26. The minimum Gasteiger partial charge on any atom is -0.367 e. The lowest BCUT2D eigenvalue weighted by molar-refractivity contribution is -0.134. The van der Waals surface area contributed by atoms with E-state index in [-0.39, 0.29) is 17.8 Å². The number of hydrazone groups is 1. The molecule has 1 atom stereocenters. The van der Waals surface area contributed by atoms with Crippen LogP contribution in [0.1, 0.15) is 40.3 Å². The summed E-state index contributed by atoms with van der Waals surface area (Å²) in [4.78, 5) is 17.8. The summed E-state index contributed by atoms with van der Waals surface area (Å²) in [6, 6.07) is 21.5. The summed E-state index contributed by atoms with van der Waals surface area (Å²) >= 11 is 0. The molecule has 186 valence electrons. The second-order valence-corrected chi connectivity index (χ2v) is 9.95. The zero-order valence-electron chi connectivity index (χ0n) is 21.2. The summed E-state index contributed by atoms with van der Waals surface area (Å²) in [5.74, 6) is -0.200. The highest BCUT2D eigenvalue weighted by molar-refractivity contribution is 6.04. The number of para-hydroxylation sites is 1. The molecule has 0 spiro atoms. The molecule has 2 heterocycles. The van der Waals surface area contributed by atoms with E-state index in [9.17, 15) is 9.18 Å². The minimum absolute atomic E-state index is 0.000206. The first-order valence-corrected chi connectivity index (χ1v) is 12.6. The molecular formula is C30H33FN4O. The molecule has 2 aliphatic heterocycles.